The van der Waals surface area contributed by atoms with Crippen LogP contribution in [0.5, 0.6) is 0 Å². The van der Waals surface area contributed by atoms with Gasteiger partial charge in [0.1, 0.15) is 5.60 Å². The summed E-state index contributed by atoms with van der Waals surface area (Å²) in [5.74, 6) is 0.510. The highest BCUT2D eigenvalue weighted by atomic mass is 16.6. The first-order valence-electron chi connectivity index (χ1n) is 7.56. The molecule has 2 rings (SSSR count). The van der Waals surface area contributed by atoms with Crippen LogP contribution in [0, 0.1) is 5.92 Å². The zero-order valence-electron chi connectivity index (χ0n) is 13.7. The van der Waals surface area contributed by atoms with Crippen LogP contribution in [0.2, 0.25) is 0 Å². The molecule has 1 aliphatic heterocycles. The second-order valence-corrected chi connectivity index (χ2v) is 6.58. The molecule has 1 saturated heterocycles. The topological polar surface area (TPSA) is 49.9 Å². The number of ether oxygens (including phenoxy) is 1. The maximum atomic E-state index is 12.0. The number of amides is 2. The van der Waals surface area contributed by atoms with Crippen molar-refractivity contribution < 1.29 is 14.3 Å². The summed E-state index contributed by atoms with van der Waals surface area (Å²) in [5.41, 5.74) is -0.474. The molecule has 0 N–H and O–H groups in total. The van der Waals surface area contributed by atoms with Crippen molar-refractivity contribution in [2.24, 2.45) is 5.92 Å². The molecule has 0 unspecified atom stereocenters. The quantitative estimate of drug-likeness (QED) is 0.699. The van der Waals surface area contributed by atoms with Gasteiger partial charge in [-0.2, -0.15) is 0 Å². The Morgan fingerprint density at radius 1 is 1.14 bits per heavy atom. The highest BCUT2D eigenvalue weighted by Gasteiger charge is 2.38. The molecule has 0 spiro atoms. The molecule has 1 atom stereocenters. The van der Waals surface area contributed by atoms with E-state index >= 15 is 0 Å². The lowest BCUT2D eigenvalue weighted by atomic mass is 10.1. The molecule has 0 aromatic heterocycles. The van der Waals surface area contributed by atoms with Crippen molar-refractivity contribution in [2.45, 2.75) is 52.2 Å². The van der Waals surface area contributed by atoms with Crippen molar-refractivity contribution in [1.29, 1.82) is 0 Å². The molecule has 2 fully saturated rings. The molecule has 0 aromatic carbocycles. The molecule has 2 aliphatic rings. The van der Waals surface area contributed by atoms with Gasteiger partial charge in [0.15, 0.2) is 0 Å². The average molecular weight is 296 g/mol. The smallest absolute Gasteiger partial charge is 0.410 e. The monoisotopic (exact) mass is 296 g/mol. The van der Waals surface area contributed by atoms with Crippen molar-refractivity contribution in [3.8, 4) is 0 Å². The van der Waals surface area contributed by atoms with Gasteiger partial charge in [-0.05, 0) is 40.5 Å². The maximum absolute atomic E-state index is 12.0. The van der Waals surface area contributed by atoms with Crippen molar-refractivity contribution >= 4 is 12.0 Å². The van der Waals surface area contributed by atoms with Crippen LogP contribution in [0.25, 0.3) is 0 Å². The fraction of sp³-hybridized carbons (Fsp3) is 0.750. The van der Waals surface area contributed by atoms with Gasteiger partial charge in [0.05, 0.1) is 0 Å². The average Bonchev–Trinajstić information content (AvgIpc) is 3.22. The van der Waals surface area contributed by atoms with E-state index in [1.165, 1.54) is 0 Å². The fourth-order valence-corrected chi connectivity index (χ4v) is 2.34. The third-order valence-corrected chi connectivity index (χ3v) is 3.49. The van der Waals surface area contributed by atoms with Crippen LogP contribution in [-0.4, -0.2) is 53.1 Å². The van der Waals surface area contributed by atoms with Crippen molar-refractivity contribution in [3.05, 3.63) is 13.2 Å². The minimum Gasteiger partial charge on any atom is -0.444 e. The van der Waals surface area contributed by atoms with Crippen LogP contribution < -0.4 is 0 Å². The first-order chi connectivity index (χ1) is 9.78. The molecular formula is C16H28N2O3. The summed E-state index contributed by atoms with van der Waals surface area (Å²) in [6, 6.07) is 0.0197. The summed E-state index contributed by atoms with van der Waals surface area (Å²) in [4.78, 5) is 27.7. The molecule has 0 radical (unpaired) electrons. The maximum Gasteiger partial charge on any atom is 0.410 e. The van der Waals surface area contributed by atoms with Crippen LogP contribution in [0.15, 0.2) is 13.2 Å². The molecule has 5 heteroatoms. The predicted octanol–water partition coefficient (Wildman–Crippen LogP) is 2.67. The standard InChI is InChI=1S/C14H24N2O3.C2H4/c1-10-9-15(12(17)11-5-6-11)7-8-16(10)13(18)19-14(2,3)4;1-2/h10-11H,5-9H2,1-4H3;1-2H2/t10-;/m0./s1. The number of rotatable bonds is 1. The van der Waals surface area contributed by atoms with Gasteiger partial charge in [-0.25, -0.2) is 4.79 Å². The van der Waals surface area contributed by atoms with Gasteiger partial charge >= 0.3 is 6.09 Å². The predicted molar refractivity (Wildman–Crippen MR) is 83.0 cm³/mol. The number of hydrogen-bond donors (Lipinski definition) is 0. The Kier molecular flexibility index (Phi) is 5.81. The van der Waals surface area contributed by atoms with E-state index in [-0.39, 0.29) is 24.0 Å². The minimum atomic E-state index is -0.474. The Morgan fingerprint density at radius 2 is 1.71 bits per heavy atom. The van der Waals surface area contributed by atoms with Crippen molar-refractivity contribution in [2.75, 3.05) is 19.6 Å². The highest BCUT2D eigenvalue weighted by Crippen LogP contribution is 2.31. The summed E-state index contributed by atoms with van der Waals surface area (Å²) in [6.07, 6.45) is 1.78. The minimum absolute atomic E-state index is 0.0197. The van der Waals surface area contributed by atoms with Gasteiger partial charge in [-0.15, -0.1) is 13.2 Å². The lowest BCUT2D eigenvalue weighted by Gasteiger charge is -2.40. The van der Waals surface area contributed by atoms with Crippen LogP contribution in [0.3, 0.4) is 0 Å². The summed E-state index contributed by atoms with van der Waals surface area (Å²) in [7, 11) is 0. The first-order valence-corrected chi connectivity index (χ1v) is 7.56. The number of carbonyl (C=O) groups excluding carboxylic acids is 2. The van der Waals surface area contributed by atoms with Crippen LogP contribution in [-0.2, 0) is 9.53 Å². The normalized spacial score (nSPS) is 22.2. The molecule has 0 aromatic rings. The van der Waals surface area contributed by atoms with Crippen molar-refractivity contribution in [3.63, 3.8) is 0 Å². The summed E-state index contributed by atoms with van der Waals surface area (Å²) in [5, 5.41) is 0. The summed E-state index contributed by atoms with van der Waals surface area (Å²) < 4.78 is 5.39. The molecule has 21 heavy (non-hydrogen) atoms. The molecule has 120 valence electrons. The Balaban J connectivity index is 0.00000106. The molecule has 0 bridgehead atoms. The summed E-state index contributed by atoms with van der Waals surface area (Å²) in [6.45, 7) is 15.4. The van der Waals surface area contributed by atoms with Gasteiger partial charge in [0.25, 0.3) is 0 Å². The van der Waals surface area contributed by atoms with Gasteiger partial charge in [-0.1, -0.05) is 0 Å². The van der Waals surface area contributed by atoms with Gasteiger partial charge < -0.3 is 14.5 Å². The summed E-state index contributed by atoms with van der Waals surface area (Å²) >= 11 is 0. The Hall–Kier alpha value is -1.52. The number of hydrogen-bond acceptors (Lipinski definition) is 3. The number of nitrogens with zero attached hydrogens (tertiary/aromatic N) is 2. The zero-order valence-corrected chi connectivity index (χ0v) is 13.7. The van der Waals surface area contributed by atoms with E-state index < -0.39 is 5.60 Å². The van der Waals surface area contributed by atoms with E-state index in [1.54, 1.807) is 4.90 Å². The molecule has 5 nitrogen and oxygen atoms in total. The number of piperazine rings is 1. The fourth-order valence-electron chi connectivity index (χ4n) is 2.34. The Morgan fingerprint density at radius 3 is 2.14 bits per heavy atom. The highest BCUT2D eigenvalue weighted by molar-refractivity contribution is 5.81. The Bertz CT molecular complexity index is 385. The second-order valence-electron chi connectivity index (χ2n) is 6.58. The third-order valence-electron chi connectivity index (χ3n) is 3.49. The van der Waals surface area contributed by atoms with E-state index in [4.69, 9.17) is 4.74 Å². The zero-order chi connectivity index (χ0) is 16.2. The number of carbonyl (C=O) groups is 2. The van der Waals surface area contributed by atoms with E-state index in [0.29, 0.717) is 19.6 Å². The largest absolute Gasteiger partial charge is 0.444 e. The van der Waals surface area contributed by atoms with Crippen LogP contribution in [0.1, 0.15) is 40.5 Å². The second kappa shape index (κ2) is 6.96. The van der Waals surface area contributed by atoms with Crippen LogP contribution >= 0.6 is 0 Å². The lowest BCUT2D eigenvalue weighted by Crippen LogP contribution is -2.56. The molecule has 1 heterocycles. The molecular weight excluding hydrogens is 268 g/mol. The molecule has 1 saturated carbocycles. The van der Waals surface area contributed by atoms with E-state index in [0.717, 1.165) is 12.8 Å². The van der Waals surface area contributed by atoms with Gasteiger partial charge in [-0.3, -0.25) is 4.79 Å². The Labute approximate surface area is 127 Å². The van der Waals surface area contributed by atoms with Crippen LogP contribution in [0.4, 0.5) is 4.79 Å². The molecule has 2 amide bonds. The van der Waals surface area contributed by atoms with Gasteiger partial charge in [0, 0.05) is 31.6 Å². The van der Waals surface area contributed by atoms with Gasteiger partial charge in [0.2, 0.25) is 5.91 Å². The van der Waals surface area contributed by atoms with E-state index in [1.807, 2.05) is 32.6 Å². The first kappa shape index (κ1) is 17.5. The van der Waals surface area contributed by atoms with E-state index in [2.05, 4.69) is 13.2 Å². The van der Waals surface area contributed by atoms with Crippen molar-refractivity contribution in [1.82, 2.24) is 9.80 Å². The van der Waals surface area contributed by atoms with E-state index in [9.17, 15) is 9.59 Å². The SMILES string of the molecule is C=C.C[C@H]1CN(C(=O)C2CC2)CCN1C(=O)OC(C)(C)C. The third kappa shape index (κ3) is 5.06. The molecule has 1 aliphatic carbocycles. The lowest BCUT2D eigenvalue weighted by molar-refractivity contribution is -0.135.